The van der Waals surface area contributed by atoms with Gasteiger partial charge in [0, 0.05) is 11.1 Å². The van der Waals surface area contributed by atoms with Crippen LogP contribution in [-0.4, -0.2) is 23.5 Å². The van der Waals surface area contributed by atoms with Crippen LogP contribution in [0.2, 0.25) is 0 Å². The number of fused-ring (bicyclic) bond motifs is 2. The van der Waals surface area contributed by atoms with Crippen LogP contribution in [0.3, 0.4) is 0 Å². The zero-order valence-electron chi connectivity index (χ0n) is 11.8. The van der Waals surface area contributed by atoms with Gasteiger partial charge in [0.15, 0.2) is 11.6 Å². The zero-order chi connectivity index (χ0) is 16.4. The predicted molar refractivity (Wildman–Crippen MR) is 80.4 cm³/mol. The number of ether oxygens (including phenoxy) is 1. The molecule has 0 unspecified atom stereocenters. The minimum absolute atomic E-state index is 0.0924. The highest BCUT2D eigenvalue weighted by molar-refractivity contribution is 6.22. The summed E-state index contributed by atoms with van der Waals surface area (Å²) >= 11 is 0. The normalized spacial score (nSPS) is 14.6. The molecular weight excluding hydrogens is 296 g/mol. The molecule has 0 saturated carbocycles. The van der Waals surface area contributed by atoms with Gasteiger partial charge in [0.05, 0.1) is 11.1 Å². The molecule has 23 heavy (non-hydrogen) atoms. The van der Waals surface area contributed by atoms with Crippen LogP contribution in [0.5, 0.6) is 0 Å². The molecule has 5 nitrogen and oxygen atoms in total. The number of benzene rings is 2. The lowest BCUT2D eigenvalue weighted by molar-refractivity contribution is 0.0443. The Kier molecular flexibility index (Phi) is 3.68. The Bertz CT molecular complexity index is 806. The van der Waals surface area contributed by atoms with Crippen molar-refractivity contribution in [2.45, 2.75) is 0 Å². The third kappa shape index (κ3) is 2.72. The van der Waals surface area contributed by atoms with Crippen LogP contribution in [0.1, 0.15) is 41.4 Å². The summed E-state index contributed by atoms with van der Waals surface area (Å²) in [7, 11) is 0. The predicted octanol–water partition coefficient (Wildman–Crippen LogP) is 2.62. The van der Waals surface area contributed by atoms with E-state index in [9.17, 15) is 19.2 Å². The lowest BCUT2D eigenvalue weighted by Crippen LogP contribution is -2.10. The average Bonchev–Trinajstić information content (AvgIpc) is 2.87. The van der Waals surface area contributed by atoms with Crippen molar-refractivity contribution in [1.29, 1.82) is 0 Å². The Labute approximate surface area is 131 Å². The van der Waals surface area contributed by atoms with Crippen molar-refractivity contribution < 1.29 is 23.9 Å². The Hall–Kier alpha value is -3.34. The van der Waals surface area contributed by atoms with Crippen molar-refractivity contribution in [2.24, 2.45) is 0 Å². The van der Waals surface area contributed by atoms with Crippen molar-refractivity contribution in [3.05, 3.63) is 82.9 Å². The second-order valence-corrected chi connectivity index (χ2v) is 4.83. The summed E-state index contributed by atoms with van der Waals surface area (Å²) in [6.45, 7) is 0. The third-order valence-corrected chi connectivity index (χ3v) is 3.40. The van der Waals surface area contributed by atoms with Gasteiger partial charge in [-0.1, -0.05) is 36.4 Å². The molecule has 0 fully saturated rings. The number of allylic oxidation sites excluding steroid dienone is 2. The summed E-state index contributed by atoms with van der Waals surface area (Å²) in [5, 5.41) is 0. The van der Waals surface area contributed by atoms with E-state index in [4.69, 9.17) is 0 Å². The molecule has 112 valence electrons. The number of esters is 2. The number of ketones is 2. The SMILES string of the molecule is O=C1C=CC(=O)c2ccccc21.O=C1OC(=O)c2ccccc21. The van der Waals surface area contributed by atoms with Gasteiger partial charge < -0.3 is 4.74 Å². The first-order valence-electron chi connectivity index (χ1n) is 6.79. The number of hydrogen-bond donors (Lipinski definition) is 0. The summed E-state index contributed by atoms with van der Waals surface area (Å²) in [5.41, 5.74) is 1.73. The summed E-state index contributed by atoms with van der Waals surface area (Å²) in [6, 6.07) is 13.4. The lowest BCUT2D eigenvalue weighted by atomic mass is 9.95. The van der Waals surface area contributed by atoms with Gasteiger partial charge in [-0.2, -0.15) is 0 Å². The molecule has 0 saturated heterocycles. The number of carbonyl (C=O) groups excluding carboxylic acids is 4. The standard InChI is InChI=1S/C10H6O2.C8H4O3/c11-9-5-6-10(12)8-4-2-1-3-7(8)9;9-7-5-3-1-2-4-6(5)8(10)11-7/h1-6H;1-4H. The fraction of sp³-hybridized carbons (Fsp3) is 0. The van der Waals surface area contributed by atoms with E-state index >= 15 is 0 Å². The smallest absolute Gasteiger partial charge is 0.346 e. The quantitative estimate of drug-likeness (QED) is 0.552. The van der Waals surface area contributed by atoms with Gasteiger partial charge >= 0.3 is 11.9 Å². The van der Waals surface area contributed by atoms with E-state index in [0.29, 0.717) is 22.3 Å². The van der Waals surface area contributed by atoms with E-state index in [2.05, 4.69) is 4.74 Å². The average molecular weight is 306 g/mol. The topological polar surface area (TPSA) is 77.5 Å². The second-order valence-electron chi connectivity index (χ2n) is 4.83. The first kappa shape index (κ1) is 14.6. The highest BCUT2D eigenvalue weighted by Crippen LogP contribution is 2.18. The minimum atomic E-state index is -0.550. The van der Waals surface area contributed by atoms with Crippen molar-refractivity contribution >= 4 is 23.5 Å². The van der Waals surface area contributed by atoms with E-state index < -0.39 is 11.9 Å². The maximum Gasteiger partial charge on any atom is 0.346 e. The fourth-order valence-electron chi connectivity index (χ4n) is 2.28. The summed E-state index contributed by atoms with van der Waals surface area (Å²) < 4.78 is 4.35. The Balaban J connectivity index is 0.000000136. The number of cyclic esters (lactones) is 2. The molecule has 1 heterocycles. The van der Waals surface area contributed by atoms with Gasteiger partial charge in [-0.25, -0.2) is 9.59 Å². The minimum Gasteiger partial charge on any atom is -0.386 e. The number of hydrogen-bond acceptors (Lipinski definition) is 5. The Morgan fingerprint density at radius 2 is 0.870 bits per heavy atom. The van der Waals surface area contributed by atoms with Crippen LogP contribution >= 0.6 is 0 Å². The summed E-state index contributed by atoms with van der Waals surface area (Å²) in [5.74, 6) is -1.29. The zero-order valence-corrected chi connectivity index (χ0v) is 11.8. The maximum absolute atomic E-state index is 11.2. The maximum atomic E-state index is 11.2. The largest absolute Gasteiger partial charge is 0.386 e. The van der Waals surface area contributed by atoms with Crippen molar-refractivity contribution in [2.75, 3.05) is 0 Å². The van der Waals surface area contributed by atoms with E-state index in [1.54, 1.807) is 48.5 Å². The van der Waals surface area contributed by atoms with Crippen LogP contribution < -0.4 is 0 Å². The molecule has 2 aromatic rings. The second kappa shape index (κ2) is 5.81. The van der Waals surface area contributed by atoms with E-state index in [-0.39, 0.29) is 11.6 Å². The highest BCUT2D eigenvalue weighted by Gasteiger charge is 2.28. The molecule has 0 aromatic heterocycles. The first-order valence-corrected chi connectivity index (χ1v) is 6.79. The van der Waals surface area contributed by atoms with Crippen molar-refractivity contribution in [1.82, 2.24) is 0 Å². The monoisotopic (exact) mass is 306 g/mol. The van der Waals surface area contributed by atoms with Crippen molar-refractivity contribution in [3.8, 4) is 0 Å². The molecule has 0 N–H and O–H groups in total. The summed E-state index contributed by atoms with van der Waals surface area (Å²) in [6.07, 6.45) is 2.62. The van der Waals surface area contributed by atoms with Gasteiger partial charge in [-0.3, -0.25) is 9.59 Å². The van der Waals surface area contributed by atoms with Gasteiger partial charge in [0.2, 0.25) is 0 Å². The third-order valence-electron chi connectivity index (χ3n) is 3.40. The van der Waals surface area contributed by atoms with E-state index in [1.165, 1.54) is 12.2 Å². The molecule has 0 radical (unpaired) electrons. The van der Waals surface area contributed by atoms with Gasteiger partial charge in [0.1, 0.15) is 0 Å². The van der Waals surface area contributed by atoms with Gasteiger partial charge in [-0.05, 0) is 24.3 Å². The molecule has 2 aromatic carbocycles. The van der Waals surface area contributed by atoms with Crippen LogP contribution in [0.25, 0.3) is 0 Å². The van der Waals surface area contributed by atoms with Crippen molar-refractivity contribution in [3.63, 3.8) is 0 Å². The molecule has 4 rings (SSSR count). The lowest BCUT2D eigenvalue weighted by Gasteiger charge is -2.06. The number of rotatable bonds is 0. The molecule has 1 aliphatic carbocycles. The van der Waals surface area contributed by atoms with Crippen LogP contribution in [0, 0.1) is 0 Å². The van der Waals surface area contributed by atoms with Crippen LogP contribution in [0.4, 0.5) is 0 Å². The van der Waals surface area contributed by atoms with Crippen LogP contribution in [-0.2, 0) is 4.74 Å². The first-order chi connectivity index (χ1) is 11.1. The van der Waals surface area contributed by atoms with E-state index in [0.717, 1.165) is 0 Å². The molecular formula is C18H10O5. The number of carbonyl (C=O) groups is 4. The molecule has 0 spiro atoms. The van der Waals surface area contributed by atoms with E-state index in [1.807, 2.05) is 0 Å². The van der Waals surface area contributed by atoms with Gasteiger partial charge in [0.25, 0.3) is 0 Å². The van der Waals surface area contributed by atoms with Crippen LogP contribution in [0.15, 0.2) is 60.7 Å². The molecule has 1 aliphatic heterocycles. The fourth-order valence-corrected chi connectivity index (χ4v) is 2.28. The molecule has 0 atom stereocenters. The highest BCUT2D eigenvalue weighted by atomic mass is 16.6. The summed E-state index contributed by atoms with van der Waals surface area (Å²) in [4.78, 5) is 44.0. The molecule has 2 aliphatic rings. The Morgan fingerprint density at radius 3 is 1.26 bits per heavy atom. The molecule has 5 heteroatoms. The van der Waals surface area contributed by atoms with Gasteiger partial charge in [-0.15, -0.1) is 0 Å². The molecule has 0 amide bonds. The molecule has 0 bridgehead atoms. The Morgan fingerprint density at radius 1 is 0.522 bits per heavy atom.